The minimum atomic E-state index is -1.03. The van der Waals surface area contributed by atoms with Crippen LogP contribution in [-0.2, 0) is 10.8 Å². The second kappa shape index (κ2) is 6.69. The van der Waals surface area contributed by atoms with Crippen molar-refractivity contribution in [2.75, 3.05) is 12.8 Å². The van der Waals surface area contributed by atoms with Gasteiger partial charge in [-0.15, -0.1) is 11.3 Å². The number of hydrogen-bond donors (Lipinski definition) is 0. The van der Waals surface area contributed by atoms with Crippen molar-refractivity contribution in [2.24, 2.45) is 0 Å². The number of carbonyl (C=O) groups excluding carboxylic acids is 1. The molecule has 4 nitrogen and oxygen atoms in total. The second-order valence-corrected chi connectivity index (χ2v) is 8.60. The number of likely N-dealkylation sites (tertiary alicyclic amines) is 1. The zero-order valence-corrected chi connectivity index (χ0v) is 15.5. The summed E-state index contributed by atoms with van der Waals surface area (Å²) in [5.41, 5.74) is 1.64. The Balaban J connectivity index is 1.62. The van der Waals surface area contributed by atoms with Gasteiger partial charge in [0.25, 0.3) is 5.91 Å². The lowest BCUT2D eigenvalue weighted by molar-refractivity contribution is 0.0735. The molecule has 128 valence electrons. The molecule has 2 heterocycles. The zero-order valence-electron chi connectivity index (χ0n) is 13.8. The molecule has 1 aliphatic heterocycles. The van der Waals surface area contributed by atoms with Gasteiger partial charge >= 0.3 is 0 Å². The number of hydrogen-bond acceptors (Lipinski definition) is 4. The Hall–Kier alpha value is -2.05. The SMILES string of the molecule is C[S@](=O)c1ccc(C(=O)N2CCC[C@H]2c2nc3ccccc3s2)cc1. The van der Waals surface area contributed by atoms with Crippen molar-refractivity contribution >= 4 is 38.3 Å². The average Bonchev–Trinajstić information content (AvgIpc) is 3.27. The van der Waals surface area contributed by atoms with Gasteiger partial charge < -0.3 is 4.90 Å². The normalized spacial score (nSPS) is 18.6. The first-order valence-electron chi connectivity index (χ1n) is 8.23. The van der Waals surface area contributed by atoms with Crippen molar-refractivity contribution in [3.63, 3.8) is 0 Å². The fraction of sp³-hybridized carbons (Fsp3) is 0.263. The van der Waals surface area contributed by atoms with Crippen LogP contribution in [0.4, 0.5) is 0 Å². The van der Waals surface area contributed by atoms with E-state index in [2.05, 4.69) is 6.07 Å². The topological polar surface area (TPSA) is 50.3 Å². The number of aromatic nitrogens is 1. The van der Waals surface area contributed by atoms with E-state index in [0.29, 0.717) is 5.56 Å². The molecule has 0 spiro atoms. The fourth-order valence-corrected chi connectivity index (χ4v) is 4.89. The van der Waals surface area contributed by atoms with Gasteiger partial charge in [0.05, 0.1) is 16.3 Å². The maximum Gasteiger partial charge on any atom is 0.254 e. The maximum absolute atomic E-state index is 13.0. The van der Waals surface area contributed by atoms with E-state index in [1.807, 2.05) is 23.1 Å². The van der Waals surface area contributed by atoms with Crippen LogP contribution in [0.25, 0.3) is 10.2 Å². The molecule has 1 aromatic heterocycles. The molecular formula is C19H18N2O2S2. The highest BCUT2D eigenvalue weighted by Crippen LogP contribution is 2.37. The molecule has 1 aliphatic rings. The fourth-order valence-electron chi connectivity index (χ4n) is 3.25. The molecule has 6 heteroatoms. The van der Waals surface area contributed by atoms with Gasteiger partial charge in [-0.3, -0.25) is 9.00 Å². The van der Waals surface area contributed by atoms with E-state index < -0.39 is 10.8 Å². The smallest absolute Gasteiger partial charge is 0.254 e. The largest absolute Gasteiger partial charge is 0.329 e. The number of rotatable bonds is 3. The van der Waals surface area contributed by atoms with Crippen molar-refractivity contribution < 1.29 is 9.00 Å². The third-order valence-corrected chi connectivity index (χ3v) is 6.62. The number of fused-ring (bicyclic) bond motifs is 1. The summed E-state index contributed by atoms with van der Waals surface area (Å²) < 4.78 is 12.7. The van der Waals surface area contributed by atoms with Crippen molar-refractivity contribution in [1.29, 1.82) is 0 Å². The average molecular weight is 370 g/mol. The van der Waals surface area contributed by atoms with Crippen molar-refractivity contribution in [2.45, 2.75) is 23.8 Å². The van der Waals surface area contributed by atoms with E-state index in [9.17, 15) is 9.00 Å². The standard InChI is InChI=1S/C19H18N2O2S2/c1-25(23)14-10-8-13(9-11-14)19(22)21-12-4-6-16(21)18-20-15-5-2-3-7-17(15)24-18/h2-3,5,7-11,16H,4,6,12H2,1H3/t16-,25-/m0/s1. The predicted molar refractivity (Wildman–Crippen MR) is 101 cm³/mol. The van der Waals surface area contributed by atoms with Crippen molar-refractivity contribution in [3.8, 4) is 0 Å². The number of amides is 1. The lowest BCUT2D eigenvalue weighted by Gasteiger charge is -2.23. The molecule has 0 aliphatic carbocycles. The van der Waals surface area contributed by atoms with Crippen LogP contribution < -0.4 is 0 Å². The van der Waals surface area contributed by atoms with Gasteiger partial charge in [-0.05, 0) is 49.2 Å². The lowest BCUT2D eigenvalue weighted by atomic mass is 10.1. The Labute approximate surface area is 153 Å². The van der Waals surface area contributed by atoms with Crippen LogP contribution in [0.3, 0.4) is 0 Å². The van der Waals surface area contributed by atoms with Gasteiger partial charge in [0.15, 0.2) is 0 Å². The summed E-state index contributed by atoms with van der Waals surface area (Å²) >= 11 is 1.67. The van der Waals surface area contributed by atoms with Gasteiger partial charge in [-0.25, -0.2) is 4.98 Å². The summed E-state index contributed by atoms with van der Waals surface area (Å²) in [6.07, 6.45) is 3.58. The molecule has 4 rings (SSSR count). The maximum atomic E-state index is 13.0. The van der Waals surface area contributed by atoms with Crippen molar-refractivity contribution in [3.05, 3.63) is 59.1 Å². The van der Waals surface area contributed by atoms with Crippen molar-refractivity contribution in [1.82, 2.24) is 9.88 Å². The van der Waals surface area contributed by atoms with Crippen LogP contribution in [-0.4, -0.2) is 32.8 Å². The highest BCUT2D eigenvalue weighted by Gasteiger charge is 2.32. The van der Waals surface area contributed by atoms with E-state index in [4.69, 9.17) is 4.98 Å². The Bertz CT molecular complexity index is 916. The van der Waals surface area contributed by atoms with Gasteiger partial charge in [0, 0.05) is 34.1 Å². The molecule has 1 fully saturated rings. The summed E-state index contributed by atoms with van der Waals surface area (Å²) in [5.74, 6) is 0.0233. The van der Waals surface area contributed by atoms with Gasteiger partial charge in [-0.1, -0.05) is 12.1 Å². The molecule has 25 heavy (non-hydrogen) atoms. The third-order valence-electron chi connectivity index (χ3n) is 4.54. The number of carbonyl (C=O) groups is 1. The van der Waals surface area contributed by atoms with E-state index in [1.54, 1.807) is 41.9 Å². The van der Waals surface area contributed by atoms with Crippen LogP contribution in [0, 0.1) is 0 Å². The first-order valence-corrected chi connectivity index (χ1v) is 10.6. The van der Waals surface area contributed by atoms with E-state index in [1.165, 1.54) is 0 Å². The summed E-state index contributed by atoms with van der Waals surface area (Å²) in [7, 11) is -1.03. The molecule has 0 N–H and O–H groups in total. The first-order chi connectivity index (χ1) is 12.1. The van der Waals surface area contributed by atoms with E-state index >= 15 is 0 Å². The summed E-state index contributed by atoms with van der Waals surface area (Å²) in [4.78, 5) is 20.4. The molecule has 2 aromatic carbocycles. The Morgan fingerprint density at radius 2 is 1.96 bits per heavy atom. The molecule has 0 unspecified atom stereocenters. The zero-order chi connectivity index (χ0) is 17.4. The van der Waals surface area contributed by atoms with Crippen LogP contribution in [0.5, 0.6) is 0 Å². The quantitative estimate of drug-likeness (QED) is 0.700. The number of benzene rings is 2. The van der Waals surface area contributed by atoms with Gasteiger partial charge in [0.2, 0.25) is 0 Å². The highest BCUT2D eigenvalue weighted by atomic mass is 32.2. The predicted octanol–water partition coefficient (Wildman–Crippen LogP) is 4.01. The molecule has 1 amide bonds. The molecule has 3 aromatic rings. The highest BCUT2D eigenvalue weighted by molar-refractivity contribution is 7.84. The Morgan fingerprint density at radius 1 is 1.20 bits per heavy atom. The molecule has 0 bridgehead atoms. The van der Waals surface area contributed by atoms with Crippen LogP contribution in [0.1, 0.15) is 34.2 Å². The number of thiazole rings is 1. The van der Waals surface area contributed by atoms with Crippen LogP contribution in [0.15, 0.2) is 53.4 Å². The molecular weight excluding hydrogens is 352 g/mol. The summed E-state index contributed by atoms with van der Waals surface area (Å²) in [6.45, 7) is 0.751. The van der Waals surface area contributed by atoms with Crippen LogP contribution in [0.2, 0.25) is 0 Å². The Morgan fingerprint density at radius 3 is 2.68 bits per heavy atom. The van der Waals surface area contributed by atoms with E-state index in [0.717, 1.165) is 39.5 Å². The first kappa shape index (κ1) is 16.4. The summed E-state index contributed by atoms with van der Waals surface area (Å²) in [5, 5.41) is 1.01. The lowest BCUT2D eigenvalue weighted by Crippen LogP contribution is -2.30. The number of nitrogens with zero attached hydrogens (tertiary/aromatic N) is 2. The third kappa shape index (κ3) is 3.12. The molecule has 0 saturated carbocycles. The number of para-hydroxylation sites is 1. The molecule has 2 atom stereocenters. The minimum absolute atomic E-state index is 0.0233. The van der Waals surface area contributed by atoms with E-state index in [-0.39, 0.29) is 11.9 Å². The summed E-state index contributed by atoms with van der Waals surface area (Å²) in [6, 6.07) is 15.2. The molecule has 0 radical (unpaired) electrons. The second-order valence-electron chi connectivity index (χ2n) is 6.15. The van der Waals surface area contributed by atoms with Gasteiger partial charge in [0.1, 0.15) is 5.01 Å². The minimum Gasteiger partial charge on any atom is -0.329 e. The molecule has 1 saturated heterocycles. The van der Waals surface area contributed by atoms with Gasteiger partial charge in [-0.2, -0.15) is 0 Å². The Kier molecular flexibility index (Phi) is 4.39. The van der Waals surface area contributed by atoms with Crippen LogP contribution >= 0.6 is 11.3 Å². The monoisotopic (exact) mass is 370 g/mol.